The number of nitrogens with one attached hydrogen (secondary N) is 1. The second-order valence-electron chi connectivity index (χ2n) is 4.79. The Morgan fingerprint density at radius 1 is 1.29 bits per heavy atom. The van der Waals surface area contributed by atoms with Gasteiger partial charge in [-0.1, -0.05) is 26.8 Å². The van der Waals surface area contributed by atoms with Gasteiger partial charge in [-0.2, -0.15) is 0 Å². The fourth-order valence-corrected chi connectivity index (χ4v) is 1.20. The van der Waals surface area contributed by atoms with Crippen LogP contribution in [0.25, 0.3) is 0 Å². The summed E-state index contributed by atoms with van der Waals surface area (Å²) in [5, 5.41) is 12.5. The summed E-state index contributed by atoms with van der Waals surface area (Å²) < 4.78 is 0. The molecule has 0 radical (unpaired) electrons. The van der Waals surface area contributed by atoms with Crippen molar-refractivity contribution in [3.63, 3.8) is 0 Å². The first-order valence-corrected chi connectivity index (χ1v) is 5.00. The molecule has 0 amide bonds. The van der Waals surface area contributed by atoms with Crippen LogP contribution in [0.4, 0.5) is 5.69 Å². The van der Waals surface area contributed by atoms with Gasteiger partial charge in [0, 0.05) is 18.3 Å². The van der Waals surface area contributed by atoms with Gasteiger partial charge >= 0.3 is 0 Å². The summed E-state index contributed by atoms with van der Waals surface area (Å²) in [6.45, 7) is 7.60. The van der Waals surface area contributed by atoms with Crippen molar-refractivity contribution in [1.82, 2.24) is 0 Å². The maximum atomic E-state index is 9.23. The van der Waals surface area contributed by atoms with Crippen LogP contribution >= 0.6 is 0 Å². The Kier molecular flexibility index (Phi) is 3.39. The highest BCUT2D eigenvalue weighted by Crippen LogP contribution is 2.20. The Balaban J connectivity index is 2.39. The zero-order chi connectivity index (χ0) is 10.6. The summed E-state index contributed by atoms with van der Waals surface area (Å²) in [5.41, 5.74) is 1.33. The van der Waals surface area contributed by atoms with Crippen molar-refractivity contribution in [3.8, 4) is 5.75 Å². The Bertz CT molecular complexity index is 289. The largest absolute Gasteiger partial charge is 0.508 e. The molecule has 1 aromatic rings. The van der Waals surface area contributed by atoms with E-state index in [1.54, 1.807) is 12.1 Å². The number of hydrogen-bond acceptors (Lipinski definition) is 2. The van der Waals surface area contributed by atoms with Crippen LogP contribution in [0.1, 0.15) is 27.2 Å². The van der Waals surface area contributed by atoms with Crippen LogP contribution in [-0.4, -0.2) is 11.7 Å². The monoisotopic (exact) mass is 193 g/mol. The Labute approximate surface area is 86.0 Å². The van der Waals surface area contributed by atoms with Gasteiger partial charge in [-0.3, -0.25) is 0 Å². The van der Waals surface area contributed by atoms with Crippen LogP contribution in [0, 0.1) is 5.41 Å². The quantitative estimate of drug-likeness (QED) is 0.772. The molecule has 0 aliphatic carbocycles. The molecule has 2 heteroatoms. The van der Waals surface area contributed by atoms with Crippen LogP contribution in [0.2, 0.25) is 0 Å². The van der Waals surface area contributed by atoms with E-state index in [1.165, 1.54) is 0 Å². The summed E-state index contributed by atoms with van der Waals surface area (Å²) >= 11 is 0. The fraction of sp³-hybridized carbons (Fsp3) is 0.500. The maximum Gasteiger partial charge on any atom is 0.117 e. The van der Waals surface area contributed by atoms with E-state index in [1.807, 2.05) is 12.1 Å². The lowest BCUT2D eigenvalue weighted by atomic mass is 9.92. The van der Waals surface area contributed by atoms with Crippen LogP contribution in [0.3, 0.4) is 0 Å². The van der Waals surface area contributed by atoms with Crippen molar-refractivity contribution < 1.29 is 5.11 Å². The third-order valence-corrected chi connectivity index (χ3v) is 2.05. The molecule has 78 valence electrons. The predicted octanol–water partition coefficient (Wildman–Crippen LogP) is 3.24. The molecule has 0 saturated carbocycles. The molecule has 0 fully saturated rings. The topological polar surface area (TPSA) is 32.3 Å². The van der Waals surface area contributed by atoms with Gasteiger partial charge in [0.15, 0.2) is 0 Å². The molecular formula is C12H19NO. The summed E-state index contributed by atoms with van der Waals surface area (Å²) in [7, 11) is 0. The first-order valence-electron chi connectivity index (χ1n) is 5.00. The molecule has 0 aromatic heterocycles. The number of rotatable bonds is 3. The third-order valence-electron chi connectivity index (χ3n) is 2.05. The van der Waals surface area contributed by atoms with Gasteiger partial charge < -0.3 is 10.4 Å². The van der Waals surface area contributed by atoms with E-state index in [2.05, 4.69) is 26.1 Å². The van der Waals surface area contributed by atoms with E-state index >= 15 is 0 Å². The SMILES string of the molecule is CC(C)(C)CCNc1cccc(O)c1. The summed E-state index contributed by atoms with van der Waals surface area (Å²) in [6.07, 6.45) is 1.11. The molecule has 2 nitrogen and oxygen atoms in total. The van der Waals surface area contributed by atoms with E-state index in [-0.39, 0.29) is 0 Å². The molecule has 1 rings (SSSR count). The zero-order valence-corrected chi connectivity index (χ0v) is 9.17. The van der Waals surface area contributed by atoms with E-state index in [0.29, 0.717) is 11.2 Å². The van der Waals surface area contributed by atoms with Gasteiger partial charge in [0.2, 0.25) is 0 Å². The summed E-state index contributed by atoms with van der Waals surface area (Å²) in [4.78, 5) is 0. The number of phenolic OH excluding ortho intramolecular Hbond substituents is 1. The molecule has 0 saturated heterocycles. The van der Waals surface area contributed by atoms with Crippen LogP contribution in [-0.2, 0) is 0 Å². The smallest absolute Gasteiger partial charge is 0.117 e. The van der Waals surface area contributed by atoms with Gasteiger partial charge in [0.05, 0.1) is 0 Å². The number of aromatic hydroxyl groups is 1. The third kappa shape index (κ3) is 4.17. The van der Waals surface area contributed by atoms with Crippen molar-refractivity contribution in [2.75, 3.05) is 11.9 Å². The highest BCUT2D eigenvalue weighted by atomic mass is 16.3. The minimum atomic E-state index is 0.311. The molecule has 0 atom stereocenters. The maximum absolute atomic E-state index is 9.23. The van der Waals surface area contributed by atoms with Crippen LogP contribution in [0.5, 0.6) is 5.75 Å². The molecule has 0 spiro atoms. The first-order chi connectivity index (χ1) is 6.47. The zero-order valence-electron chi connectivity index (χ0n) is 9.17. The van der Waals surface area contributed by atoms with E-state index in [0.717, 1.165) is 18.7 Å². The molecule has 0 aliphatic heterocycles. The van der Waals surface area contributed by atoms with Crippen LogP contribution in [0.15, 0.2) is 24.3 Å². The number of hydrogen-bond donors (Lipinski definition) is 2. The van der Waals surface area contributed by atoms with Crippen molar-refractivity contribution in [3.05, 3.63) is 24.3 Å². The van der Waals surface area contributed by atoms with Gasteiger partial charge in [0.1, 0.15) is 5.75 Å². The molecule has 0 bridgehead atoms. The Morgan fingerprint density at radius 3 is 2.57 bits per heavy atom. The van der Waals surface area contributed by atoms with Crippen molar-refractivity contribution in [2.45, 2.75) is 27.2 Å². The second-order valence-corrected chi connectivity index (χ2v) is 4.79. The molecular weight excluding hydrogens is 174 g/mol. The van der Waals surface area contributed by atoms with E-state index < -0.39 is 0 Å². The predicted molar refractivity (Wildman–Crippen MR) is 60.7 cm³/mol. The minimum Gasteiger partial charge on any atom is -0.508 e. The fourth-order valence-electron chi connectivity index (χ4n) is 1.20. The number of anilines is 1. The normalized spacial score (nSPS) is 11.4. The molecule has 0 aliphatic rings. The van der Waals surface area contributed by atoms with Gasteiger partial charge in [0.25, 0.3) is 0 Å². The molecule has 2 N–H and O–H groups in total. The lowest BCUT2D eigenvalue weighted by molar-refractivity contribution is 0.390. The van der Waals surface area contributed by atoms with Crippen LogP contribution < -0.4 is 5.32 Å². The number of phenols is 1. The second kappa shape index (κ2) is 4.36. The Hall–Kier alpha value is -1.18. The molecule has 14 heavy (non-hydrogen) atoms. The average Bonchev–Trinajstić information content (AvgIpc) is 2.01. The summed E-state index contributed by atoms with van der Waals surface area (Å²) in [6, 6.07) is 7.22. The van der Waals surface area contributed by atoms with E-state index in [9.17, 15) is 5.11 Å². The lowest BCUT2D eigenvalue weighted by Crippen LogP contribution is -2.12. The van der Waals surface area contributed by atoms with E-state index in [4.69, 9.17) is 0 Å². The van der Waals surface area contributed by atoms with Crippen molar-refractivity contribution >= 4 is 5.69 Å². The molecule has 1 aromatic carbocycles. The van der Waals surface area contributed by atoms with Gasteiger partial charge in [-0.05, 0) is 24.0 Å². The highest BCUT2D eigenvalue weighted by Gasteiger charge is 2.08. The standard InChI is InChI=1S/C12H19NO/c1-12(2,3)7-8-13-10-5-4-6-11(14)9-10/h4-6,9,13-14H,7-8H2,1-3H3. The highest BCUT2D eigenvalue weighted by molar-refractivity contribution is 5.47. The summed E-state index contributed by atoms with van der Waals surface area (Å²) in [5.74, 6) is 0.311. The molecule has 0 heterocycles. The lowest BCUT2D eigenvalue weighted by Gasteiger charge is -2.18. The minimum absolute atomic E-state index is 0.311. The first kappa shape index (κ1) is 10.9. The van der Waals surface area contributed by atoms with Gasteiger partial charge in [-0.25, -0.2) is 0 Å². The van der Waals surface area contributed by atoms with Crippen molar-refractivity contribution in [1.29, 1.82) is 0 Å². The Morgan fingerprint density at radius 2 is 2.00 bits per heavy atom. The van der Waals surface area contributed by atoms with Crippen molar-refractivity contribution in [2.24, 2.45) is 5.41 Å². The van der Waals surface area contributed by atoms with Gasteiger partial charge in [-0.15, -0.1) is 0 Å². The molecule has 0 unspecified atom stereocenters. The average molecular weight is 193 g/mol. The number of benzene rings is 1.